The molecule has 1 N–H and O–H groups in total. The molecule has 0 spiro atoms. The molecule has 0 unspecified atom stereocenters. The number of hydrogen-bond donors (Lipinski definition) is 1. The van der Waals surface area contributed by atoms with Gasteiger partial charge in [0, 0.05) is 16.0 Å². The van der Waals surface area contributed by atoms with Crippen molar-refractivity contribution >= 4 is 22.5 Å². The van der Waals surface area contributed by atoms with Crippen molar-refractivity contribution in [1.82, 2.24) is 4.98 Å². The number of phenols is 1. The molecule has 0 saturated heterocycles. The molecule has 3 aromatic carbocycles. The van der Waals surface area contributed by atoms with Crippen LogP contribution in [0.15, 0.2) is 72.8 Å². The number of phenolic OH excluding ortho intramolecular Hbond substituents is 1. The van der Waals surface area contributed by atoms with E-state index in [1.165, 1.54) is 0 Å². The van der Waals surface area contributed by atoms with Gasteiger partial charge in [-0.25, -0.2) is 4.98 Å². The van der Waals surface area contributed by atoms with Gasteiger partial charge in [-0.3, -0.25) is 0 Å². The van der Waals surface area contributed by atoms with Gasteiger partial charge in [0.05, 0.1) is 11.2 Å². The van der Waals surface area contributed by atoms with Crippen LogP contribution < -0.4 is 12.4 Å². The molecule has 4 aromatic rings. The number of aromatic hydroxyl groups is 1. The van der Waals surface area contributed by atoms with Crippen molar-refractivity contribution in [2.75, 3.05) is 0 Å². The van der Waals surface area contributed by atoms with Crippen molar-refractivity contribution in [1.29, 1.82) is 0 Å². The lowest BCUT2D eigenvalue weighted by Crippen LogP contribution is -3.00. The molecule has 2 nitrogen and oxygen atoms in total. The Labute approximate surface area is 163 Å². The third-order valence-electron chi connectivity index (χ3n) is 4.39. The van der Waals surface area contributed by atoms with E-state index in [1.807, 2.05) is 48.5 Å². The SMILES string of the molecule is Cc1c(-c2ccc(O)cc2)nc2ccc(Cl)cc2c1-c1ccccc1.[Cl-]. The summed E-state index contributed by atoms with van der Waals surface area (Å²) in [6.07, 6.45) is 0. The largest absolute Gasteiger partial charge is 1.00 e. The Morgan fingerprint density at radius 1 is 0.846 bits per heavy atom. The van der Waals surface area contributed by atoms with E-state index >= 15 is 0 Å². The minimum Gasteiger partial charge on any atom is -1.00 e. The zero-order chi connectivity index (χ0) is 17.4. The molecule has 0 atom stereocenters. The van der Waals surface area contributed by atoms with Crippen molar-refractivity contribution in [3.63, 3.8) is 0 Å². The fourth-order valence-electron chi connectivity index (χ4n) is 3.21. The highest BCUT2D eigenvalue weighted by Gasteiger charge is 2.15. The smallest absolute Gasteiger partial charge is 0.115 e. The van der Waals surface area contributed by atoms with Gasteiger partial charge in [0.2, 0.25) is 0 Å². The summed E-state index contributed by atoms with van der Waals surface area (Å²) in [5.74, 6) is 0.247. The van der Waals surface area contributed by atoms with Crippen molar-refractivity contribution in [3.05, 3.63) is 83.4 Å². The van der Waals surface area contributed by atoms with E-state index in [2.05, 4.69) is 19.1 Å². The minimum absolute atomic E-state index is 0. The fourth-order valence-corrected chi connectivity index (χ4v) is 3.38. The maximum atomic E-state index is 9.57. The third-order valence-corrected chi connectivity index (χ3v) is 4.63. The molecule has 0 fully saturated rings. The van der Waals surface area contributed by atoms with E-state index in [-0.39, 0.29) is 18.2 Å². The predicted octanol–water partition coefficient (Wildman–Crippen LogP) is 3.24. The summed E-state index contributed by atoms with van der Waals surface area (Å²) in [6.45, 7) is 2.08. The summed E-state index contributed by atoms with van der Waals surface area (Å²) in [6, 6.07) is 23.2. The average Bonchev–Trinajstić information content (AvgIpc) is 2.63. The van der Waals surface area contributed by atoms with Gasteiger partial charge in [-0.2, -0.15) is 0 Å². The fraction of sp³-hybridized carbons (Fsp3) is 0.0455. The molecule has 0 saturated carbocycles. The Kier molecular flexibility index (Phi) is 5.17. The van der Waals surface area contributed by atoms with Gasteiger partial charge in [-0.1, -0.05) is 41.9 Å². The van der Waals surface area contributed by atoms with Crippen molar-refractivity contribution in [3.8, 4) is 28.1 Å². The Hall–Kier alpha value is -2.55. The van der Waals surface area contributed by atoms with E-state index in [4.69, 9.17) is 16.6 Å². The number of pyridine rings is 1. The van der Waals surface area contributed by atoms with Crippen LogP contribution in [0.3, 0.4) is 0 Å². The second-order valence-corrected chi connectivity index (χ2v) is 6.47. The lowest BCUT2D eigenvalue weighted by molar-refractivity contribution is -0.00000588. The van der Waals surface area contributed by atoms with E-state index in [1.54, 1.807) is 12.1 Å². The second kappa shape index (κ2) is 7.36. The first kappa shape index (κ1) is 18.2. The van der Waals surface area contributed by atoms with Gasteiger partial charge in [0.1, 0.15) is 5.75 Å². The van der Waals surface area contributed by atoms with Crippen LogP contribution in [0.1, 0.15) is 5.56 Å². The summed E-state index contributed by atoms with van der Waals surface area (Å²) in [5.41, 5.74) is 6.15. The van der Waals surface area contributed by atoms with Gasteiger partial charge >= 0.3 is 0 Å². The number of hydrogen-bond acceptors (Lipinski definition) is 2. The van der Waals surface area contributed by atoms with E-state index < -0.39 is 0 Å². The number of fused-ring (bicyclic) bond motifs is 1. The van der Waals surface area contributed by atoms with Crippen LogP contribution >= 0.6 is 11.6 Å². The Balaban J connectivity index is 0.00000196. The lowest BCUT2D eigenvalue weighted by atomic mass is 9.93. The third kappa shape index (κ3) is 3.26. The molecule has 4 rings (SSSR count). The molecular formula is C22H16Cl2NO-. The highest BCUT2D eigenvalue weighted by molar-refractivity contribution is 6.31. The second-order valence-electron chi connectivity index (χ2n) is 6.03. The molecule has 4 heteroatoms. The first-order valence-electron chi connectivity index (χ1n) is 8.08. The topological polar surface area (TPSA) is 33.1 Å². The van der Waals surface area contributed by atoms with Crippen LogP contribution in [0, 0.1) is 6.92 Å². The molecule has 0 amide bonds. The first-order chi connectivity index (χ1) is 12.1. The highest BCUT2D eigenvalue weighted by atomic mass is 35.5. The van der Waals surface area contributed by atoms with Crippen LogP contribution in [-0.2, 0) is 0 Å². The monoisotopic (exact) mass is 380 g/mol. The number of halogens is 2. The summed E-state index contributed by atoms with van der Waals surface area (Å²) >= 11 is 6.25. The summed E-state index contributed by atoms with van der Waals surface area (Å²) in [7, 11) is 0. The van der Waals surface area contributed by atoms with Crippen molar-refractivity contribution < 1.29 is 17.5 Å². The molecule has 0 bridgehead atoms. The number of rotatable bonds is 2. The molecule has 26 heavy (non-hydrogen) atoms. The highest BCUT2D eigenvalue weighted by Crippen LogP contribution is 2.37. The first-order valence-corrected chi connectivity index (χ1v) is 8.46. The van der Waals surface area contributed by atoms with E-state index in [0.717, 1.165) is 38.9 Å². The van der Waals surface area contributed by atoms with Crippen LogP contribution in [0.5, 0.6) is 5.75 Å². The van der Waals surface area contributed by atoms with E-state index in [9.17, 15) is 5.11 Å². The molecule has 1 heterocycles. The maximum absolute atomic E-state index is 9.57. The Morgan fingerprint density at radius 2 is 1.54 bits per heavy atom. The lowest BCUT2D eigenvalue weighted by Gasteiger charge is -2.15. The molecule has 0 radical (unpaired) electrons. The summed E-state index contributed by atoms with van der Waals surface area (Å²) < 4.78 is 0. The predicted molar refractivity (Wildman–Crippen MR) is 104 cm³/mol. The molecule has 0 aliphatic carbocycles. The Bertz CT molecular complexity index is 1060. The average molecular weight is 381 g/mol. The van der Waals surface area contributed by atoms with Gasteiger partial charge < -0.3 is 17.5 Å². The van der Waals surface area contributed by atoms with Gasteiger partial charge in [0.15, 0.2) is 0 Å². The van der Waals surface area contributed by atoms with Crippen LogP contribution in [0.25, 0.3) is 33.3 Å². The van der Waals surface area contributed by atoms with Crippen LogP contribution in [0.2, 0.25) is 5.02 Å². The molecule has 130 valence electrons. The van der Waals surface area contributed by atoms with Crippen molar-refractivity contribution in [2.24, 2.45) is 0 Å². The maximum Gasteiger partial charge on any atom is 0.115 e. The number of benzene rings is 3. The minimum atomic E-state index is 0. The zero-order valence-electron chi connectivity index (χ0n) is 14.1. The number of nitrogens with zero attached hydrogens (tertiary/aromatic N) is 1. The van der Waals surface area contributed by atoms with Crippen LogP contribution in [0.4, 0.5) is 0 Å². The van der Waals surface area contributed by atoms with Crippen LogP contribution in [-0.4, -0.2) is 10.1 Å². The standard InChI is InChI=1S/C22H16ClNO.ClH/c1-14-21(15-5-3-2-4-6-15)19-13-17(23)9-12-20(19)24-22(14)16-7-10-18(25)11-8-16;/h2-13,25H,1H3;1H/p-1. The molecular weight excluding hydrogens is 365 g/mol. The van der Waals surface area contributed by atoms with Gasteiger partial charge in [-0.05, 0) is 66.1 Å². The Morgan fingerprint density at radius 3 is 2.23 bits per heavy atom. The summed E-state index contributed by atoms with van der Waals surface area (Å²) in [5, 5.41) is 11.3. The quantitative estimate of drug-likeness (QED) is 0.578. The van der Waals surface area contributed by atoms with Crippen molar-refractivity contribution in [2.45, 2.75) is 6.92 Å². The molecule has 1 aromatic heterocycles. The molecule has 0 aliphatic rings. The normalized spacial score (nSPS) is 10.5. The van der Waals surface area contributed by atoms with E-state index in [0.29, 0.717) is 5.02 Å². The summed E-state index contributed by atoms with van der Waals surface area (Å²) in [4.78, 5) is 4.86. The van der Waals surface area contributed by atoms with Gasteiger partial charge in [-0.15, -0.1) is 0 Å². The van der Waals surface area contributed by atoms with Gasteiger partial charge in [0.25, 0.3) is 0 Å². The molecule has 0 aliphatic heterocycles. The number of aromatic nitrogens is 1. The zero-order valence-corrected chi connectivity index (χ0v) is 15.6.